The number of nitrogens with one attached hydrogen (secondary N) is 3. The fourth-order valence-corrected chi connectivity index (χ4v) is 3.81. The van der Waals surface area contributed by atoms with Gasteiger partial charge in [0.2, 0.25) is 0 Å². The third-order valence-corrected chi connectivity index (χ3v) is 5.46. The van der Waals surface area contributed by atoms with Crippen molar-refractivity contribution in [1.29, 1.82) is 0 Å². The number of carbonyl (C=O) groups excluding carboxylic acids is 2. The van der Waals surface area contributed by atoms with E-state index in [4.69, 9.17) is 0 Å². The van der Waals surface area contributed by atoms with Crippen molar-refractivity contribution >= 4 is 39.9 Å². The lowest BCUT2D eigenvalue weighted by Crippen LogP contribution is -2.38. The molecule has 0 aliphatic rings. The van der Waals surface area contributed by atoms with Gasteiger partial charge in [0.15, 0.2) is 0 Å². The van der Waals surface area contributed by atoms with E-state index in [1.807, 2.05) is 104 Å². The van der Waals surface area contributed by atoms with Crippen LogP contribution in [0.1, 0.15) is 12.0 Å². The van der Waals surface area contributed by atoms with Crippen LogP contribution in [0.3, 0.4) is 0 Å². The van der Waals surface area contributed by atoms with Crippen molar-refractivity contribution in [1.82, 2.24) is 5.32 Å². The second kappa shape index (κ2) is 11.0. The summed E-state index contributed by atoms with van der Waals surface area (Å²) in [6.07, 6.45) is 0.596. The van der Waals surface area contributed by atoms with E-state index in [-0.39, 0.29) is 12.1 Å². The van der Waals surface area contributed by atoms with E-state index in [1.54, 1.807) is 4.90 Å². The van der Waals surface area contributed by atoms with E-state index < -0.39 is 0 Å². The number of benzene rings is 4. The largest absolute Gasteiger partial charge is 0.338 e. The van der Waals surface area contributed by atoms with Crippen LogP contribution in [0.2, 0.25) is 0 Å². The molecule has 0 saturated heterocycles. The molecular formula is C28H28N4O2. The van der Waals surface area contributed by atoms with Gasteiger partial charge in [-0.1, -0.05) is 66.7 Å². The van der Waals surface area contributed by atoms with Crippen LogP contribution in [0.4, 0.5) is 26.7 Å². The predicted molar refractivity (Wildman–Crippen MR) is 140 cm³/mol. The van der Waals surface area contributed by atoms with Crippen molar-refractivity contribution in [3.05, 3.63) is 103 Å². The van der Waals surface area contributed by atoms with Gasteiger partial charge in [0.1, 0.15) is 0 Å². The average molecular weight is 453 g/mol. The Hall–Kier alpha value is -4.32. The summed E-state index contributed by atoms with van der Waals surface area (Å²) in [5.41, 5.74) is 3.39. The maximum Gasteiger partial charge on any atom is 0.326 e. The highest BCUT2D eigenvalue weighted by Crippen LogP contribution is 2.23. The third kappa shape index (κ3) is 5.92. The maximum atomic E-state index is 13.0. The monoisotopic (exact) mass is 452 g/mol. The normalized spacial score (nSPS) is 10.5. The van der Waals surface area contributed by atoms with Gasteiger partial charge in [-0.2, -0.15) is 0 Å². The molecular weight excluding hydrogens is 424 g/mol. The molecule has 0 fully saturated rings. The molecule has 0 saturated carbocycles. The summed E-state index contributed by atoms with van der Waals surface area (Å²) in [7, 11) is 0. The van der Waals surface area contributed by atoms with Gasteiger partial charge in [-0.15, -0.1) is 0 Å². The van der Waals surface area contributed by atoms with Crippen molar-refractivity contribution in [3.8, 4) is 0 Å². The first-order valence-electron chi connectivity index (χ1n) is 11.3. The first-order valence-corrected chi connectivity index (χ1v) is 11.3. The summed E-state index contributed by atoms with van der Waals surface area (Å²) in [4.78, 5) is 27.2. The highest BCUT2D eigenvalue weighted by Gasteiger charge is 2.16. The zero-order valence-electron chi connectivity index (χ0n) is 19.1. The van der Waals surface area contributed by atoms with E-state index >= 15 is 0 Å². The van der Waals surface area contributed by atoms with Crippen LogP contribution in [0.25, 0.3) is 10.8 Å². The van der Waals surface area contributed by atoms with Crippen molar-refractivity contribution < 1.29 is 9.59 Å². The van der Waals surface area contributed by atoms with Gasteiger partial charge in [0.05, 0.1) is 5.69 Å². The minimum absolute atomic E-state index is 0.211. The molecule has 34 heavy (non-hydrogen) atoms. The Bertz CT molecular complexity index is 1270. The number of fused-ring (bicyclic) bond motifs is 1. The topological polar surface area (TPSA) is 73.5 Å². The van der Waals surface area contributed by atoms with Gasteiger partial charge in [0, 0.05) is 29.9 Å². The molecule has 0 atom stereocenters. The summed E-state index contributed by atoms with van der Waals surface area (Å²) in [6.45, 7) is 2.87. The fraction of sp³-hybridized carbons (Fsp3) is 0.143. The van der Waals surface area contributed by atoms with Crippen LogP contribution < -0.4 is 20.9 Å². The molecule has 0 unspecified atom stereocenters. The molecule has 0 aliphatic carbocycles. The number of nitrogens with zero attached hydrogens (tertiary/aromatic N) is 1. The fourth-order valence-electron chi connectivity index (χ4n) is 3.81. The molecule has 4 aromatic carbocycles. The average Bonchev–Trinajstić information content (AvgIpc) is 2.85. The highest BCUT2D eigenvalue weighted by atomic mass is 16.2. The number of hydrogen-bond donors (Lipinski definition) is 3. The maximum absolute atomic E-state index is 13.0. The van der Waals surface area contributed by atoms with Crippen LogP contribution in [0.5, 0.6) is 0 Å². The van der Waals surface area contributed by atoms with Gasteiger partial charge >= 0.3 is 12.1 Å². The number of carbonyl (C=O) groups is 2. The van der Waals surface area contributed by atoms with Crippen molar-refractivity contribution in [2.45, 2.75) is 13.3 Å². The van der Waals surface area contributed by atoms with Gasteiger partial charge in [0.25, 0.3) is 0 Å². The summed E-state index contributed by atoms with van der Waals surface area (Å²) in [6, 6.07) is 30.5. The molecule has 0 heterocycles. The van der Waals surface area contributed by atoms with Gasteiger partial charge < -0.3 is 16.0 Å². The molecule has 4 amide bonds. The lowest BCUT2D eigenvalue weighted by molar-refractivity contribution is 0.252. The molecule has 6 nitrogen and oxygen atoms in total. The third-order valence-electron chi connectivity index (χ3n) is 5.46. The Kier molecular flexibility index (Phi) is 7.40. The predicted octanol–water partition coefficient (Wildman–Crippen LogP) is 6.40. The summed E-state index contributed by atoms with van der Waals surface area (Å²) < 4.78 is 0. The molecule has 0 spiro atoms. The van der Waals surface area contributed by atoms with Crippen LogP contribution in [0, 0.1) is 6.92 Å². The zero-order chi connectivity index (χ0) is 23.8. The van der Waals surface area contributed by atoms with E-state index in [9.17, 15) is 9.59 Å². The molecule has 4 rings (SSSR count). The van der Waals surface area contributed by atoms with Crippen molar-refractivity contribution in [2.75, 3.05) is 28.6 Å². The van der Waals surface area contributed by atoms with Crippen LogP contribution in [-0.4, -0.2) is 25.2 Å². The molecule has 6 heteroatoms. The van der Waals surface area contributed by atoms with Gasteiger partial charge in [-0.3, -0.25) is 4.90 Å². The second-order valence-electron chi connectivity index (χ2n) is 8.05. The van der Waals surface area contributed by atoms with Crippen molar-refractivity contribution in [2.24, 2.45) is 0 Å². The van der Waals surface area contributed by atoms with Gasteiger partial charge in [-0.25, -0.2) is 9.59 Å². The number of aryl methyl sites for hydroxylation is 1. The molecule has 172 valence electrons. The van der Waals surface area contributed by atoms with E-state index in [0.717, 1.165) is 33.4 Å². The lowest BCUT2D eigenvalue weighted by Gasteiger charge is -2.23. The number of anilines is 3. The molecule has 0 radical (unpaired) electrons. The first kappa shape index (κ1) is 22.9. The Morgan fingerprint density at radius 1 is 0.794 bits per heavy atom. The zero-order valence-corrected chi connectivity index (χ0v) is 19.1. The summed E-state index contributed by atoms with van der Waals surface area (Å²) in [5, 5.41) is 10.8. The number of rotatable bonds is 7. The van der Waals surface area contributed by atoms with Crippen molar-refractivity contribution in [3.63, 3.8) is 0 Å². The first-order chi connectivity index (χ1) is 16.6. The van der Waals surface area contributed by atoms with E-state index in [1.165, 1.54) is 0 Å². The Labute approximate surface area is 199 Å². The Morgan fingerprint density at radius 2 is 1.53 bits per heavy atom. The SMILES string of the molecule is Cc1cccc(NC(=O)N(CCCNC(=O)Nc2cccc3ccccc23)c2ccccc2)c1. The number of para-hydroxylation sites is 1. The molecule has 0 aliphatic heterocycles. The Balaban J connectivity index is 1.34. The van der Waals surface area contributed by atoms with E-state index in [2.05, 4.69) is 16.0 Å². The minimum Gasteiger partial charge on any atom is -0.338 e. The Morgan fingerprint density at radius 3 is 2.35 bits per heavy atom. The lowest BCUT2D eigenvalue weighted by atomic mass is 10.1. The van der Waals surface area contributed by atoms with Crippen LogP contribution >= 0.6 is 0 Å². The summed E-state index contributed by atoms with van der Waals surface area (Å²) >= 11 is 0. The standard InChI is InChI=1S/C28H28N4O2/c1-21-10-7-13-23(20-21)30-28(34)32(24-14-3-2-4-15-24)19-9-18-29-27(33)31-26-17-8-12-22-11-5-6-16-25(22)26/h2-8,10-17,20H,9,18-19H2,1H3,(H,30,34)(H2,29,31,33). The minimum atomic E-state index is -0.271. The number of amides is 4. The second-order valence-corrected chi connectivity index (χ2v) is 8.05. The molecule has 4 aromatic rings. The smallest absolute Gasteiger partial charge is 0.326 e. The van der Waals surface area contributed by atoms with Crippen LogP contribution in [0.15, 0.2) is 97.1 Å². The number of hydrogen-bond acceptors (Lipinski definition) is 2. The highest BCUT2D eigenvalue weighted by molar-refractivity contribution is 6.02. The number of urea groups is 2. The summed E-state index contributed by atoms with van der Waals surface area (Å²) in [5.74, 6) is 0. The van der Waals surface area contributed by atoms with Gasteiger partial charge in [-0.05, 0) is 54.6 Å². The molecule has 0 aromatic heterocycles. The quantitative estimate of drug-likeness (QED) is 0.284. The van der Waals surface area contributed by atoms with E-state index in [0.29, 0.717) is 19.5 Å². The molecule has 0 bridgehead atoms. The van der Waals surface area contributed by atoms with Crippen LogP contribution in [-0.2, 0) is 0 Å². The molecule has 3 N–H and O–H groups in total.